The maximum Gasteiger partial charge on any atom is 0.118 e. The van der Waals surface area contributed by atoms with Crippen LogP contribution in [0.15, 0.2) is 48.6 Å². The predicted octanol–water partition coefficient (Wildman–Crippen LogP) is 7.42. The van der Waals surface area contributed by atoms with Gasteiger partial charge in [-0.05, 0) is 128 Å². The van der Waals surface area contributed by atoms with Crippen molar-refractivity contribution in [2.75, 3.05) is 0 Å². The van der Waals surface area contributed by atoms with Crippen LogP contribution in [0.25, 0.3) is 11.1 Å². The Labute approximate surface area is 181 Å². The number of rotatable bonds is 4. The van der Waals surface area contributed by atoms with E-state index in [2.05, 4.69) is 43.3 Å². The number of hydrogen-bond acceptors (Lipinski definition) is 2. The van der Waals surface area contributed by atoms with Crippen LogP contribution in [0.4, 0.5) is 0 Å². The van der Waals surface area contributed by atoms with Crippen LogP contribution in [0, 0.1) is 31.6 Å². The fraction of sp³-hybridized carbons (Fsp3) is 0.429. The van der Waals surface area contributed by atoms with Crippen molar-refractivity contribution in [1.29, 1.82) is 0 Å². The summed E-state index contributed by atoms with van der Waals surface area (Å²) in [5.41, 5.74) is 7.33. The molecule has 2 aliphatic carbocycles. The summed E-state index contributed by atoms with van der Waals surface area (Å²) in [5, 5.41) is 19.6. The predicted molar refractivity (Wildman–Crippen MR) is 125 cm³/mol. The number of hydrogen-bond donors (Lipinski definition) is 2. The van der Waals surface area contributed by atoms with Gasteiger partial charge in [0.2, 0.25) is 0 Å². The van der Waals surface area contributed by atoms with Crippen LogP contribution in [0.2, 0.25) is 0 Å². The Morgan fingerprint density at radius 3 is 1.50 bits per heavy atom. The first-order valence-electron chi connectivity index (χ1n) is 11.4. The van der Waals surface area contributed by atoms with Crippen molar-refractivity contribution in [2.24, 2.45) is 17.8 Å². The molecule has 2 atom stereocenters. The molecule has 2 N–H and O–H groups in total. The van der Waals surface area contributed by atoms with Crippen LogP contribution in [0.5, 0.6) is 11.5 Å². The van der Waals surface area contributed by atoms with Crippen LogP contribution in [-0.4, -0.2) is 10.2 Å². The molecular formula is C28H34O2. The number of aryl methyl sites for hydroxylation is 2. The van der Waals surface area contributed by atoms with E-state index in [0.717, 1.165) is 41.7 Å². The van der Waals surface area contributed by atoms with E-state index in [4.69, 9.17) is 0 Å². The van der Waals surface area contributed by atoms with Crippen LogP contribution >= 0.6 is 0 Å². The second-order valence-electron chi connectivity index (χ2n) is 9.39. The lowest BCUT2D eigenvalue weighted by atomic mass is 9.70. The summed E-state index contributed by atoms with van der Waals surface area (Å²) in [4.78, 5) is 0. The summed E-state index contributed by atoms with van der Waals surface area (Å²) in [6.07, 6.45) is 12.0. The van der Waals surface area contributed by atoms with Gasteiger partial charge in [-0.25, -0.2) is 0 Å². The quantitative estimate of drug-likeness (QED) is 0.558. The molecule has 0 radical (unpaired) electrons. The molecule has 2 aromatic rings. The average molecular weight is 403 g/mol. The van der Waals surface area contributed by atoms with Gasteiger partial charge < -0.3 is 10.2 Å². The van der Waals surface area contributed by atoms with Gasteiger partial charge in [-0.15, -0.1) is 0 Å². The molecule has 0 saturated carbocycles. The van der Waals surface area contributed by atoms with Crippen LogP contribution in [-0.2, 0) is 0 Å². The van der Waals surface area contributed by atoms with Crippen molar-refractivity contribution in [3.63, 3.8) is 0 Å². The molecule has 2 unspecified atom stereocenters. The third-order valence-electron chi connectivity index (χ3n) is 7.53. The van der Waals surface area contributed by atoms with E-state index in [1.165, 1.54) is 48.0 Å². The molecule has 0 aliphatic heterocycles. The third-order valence-corrected chi connectivity index (χ3v) is 7.53. The topological polar surface area (TPSA) is 40.5 Å². The van der Waals surface area contributed by atoms with Gasteiger partial charge in [0, 0.05) is 0 Å². The Bertz CT molecular complexity index is 903. The number of allylic oxidation sites excluding steroid dienone is 4. The number of phenolic OH excluding ortho intramolecular Hbond substituents is 2. The molecule has 2 aromatic carbocycles. The SMILES string of the molecule is Cc1cc(C2=CCC(C(C)C3CC=C(c4ccc(O)c(C)c4)CC3)CC2)ccc1O. The van der Waals surface area contributed by atoms with Gasteiger partial charge in [0.1, 0.15) is 11.5 Å². The van der Waals surface area contributed by atoms with E-state index in [1.807, 2.05) is 26.0 Å². The maximum absolute atomic E-state index is 9.78. The Morgan fingerprint density at radius 1 is 0.733 bits per heavy atom. The molecule has 0 spiro atoms. The first kappa shape index (κ1) is 20.8. The van der Waals surface area contributed by atoms with Gasteiger partial charge in [0.05, 0.1) is 0 Å². The van der Waals surface area contributed by atoms with Crippen molar-refractivity contribution in [3.8, 4) is 11.5 Å². The molecule has 0 aromatic heterocycles. The summed E-state index contributed by atoms with van der Waals surface area (Å²) >= 11 is 0. The monoisotopic (exact) mass is 402 g/mol. The maximum atomic E-state index is 9.78. The molecule has 30 heavy (non-hydrogen) atoms. The van der Waals surface area contributed by atoms with Gasteiger partial charge in [-0.2, -0.15) is 0 Å². The molecule has 0 bridgehead atoms. The fourth-order valence-electron chi connectivity index (χ4n) is 5.28. The second-order valence-corrected chi connectivity index (χ2v) is 9.39. The van der Waals surface area contributed by atoms with Crippen LogP contribution < -0.4 is 0 Å². The molecule has 2 aliphatic rings. The number of benzene rings is 2. The van der Waals surface area contributed by atoms with Gasteiger partial charge in [0.15, 0.2) is 0 Å². The molecule has 0 heterocycles. The lowest BCUT2D eigenvalue weighted by molar-refractivity contribution is 0.221. The summed E-state index contributed by atoms with van der Waals surface area (Å²) in [6.45, 7) is 6.40. The fourth-order valence-corrected chi connectivity index (χ4v) is 5.28. The second kappa shape index (κ2) is 8.71. The number of phenols is 2. The van der Waals surface area contributed by atoms with Gasteiger partial charge in [-0.3, -0.25) is 0 Å². The van der Waals surface area contributed by atoms with E-state index in [0.29, 0.717) is 11.5 Å². The van der Waals surface area contributed by atoms with Gasteiger partial charge in [0.25, 0.3) is 0 Å². The van der Waals surface area contributed by atoms with Crippen molar-refractivity contribution in [3.05, 3.63) is 70.8 Å². The van der Waals surface area contributed by atoms with Crippen molar-refractivity contribution in [1.82, 2.24) is 0 Å². The van der Waals surface area contributed by atoms with E-state index in [-0.39, 0.29) is 0 Å². The van der Waals surface area contributed by atoms with Crippen LogP contribution in [0.3, 0.4) is 0 Å². The minimum Gasteiger partial charge on any atom is -0.508 e. The average Bonchev–Trinajstić information content (AvgIpc) is 2.77. The standard InChI is InChI=1S/C28H34O2/c1-18-16-25(12-14-27(18)29)23-8-4-21(5-9-23)20(3)22-6-10-24(11-7-22)26-13-15-28(30)19(2)17-26/h8,10,12-17,20-22,29-30H,4-7,9,11H2,1-3H3. The Balaban J connectivity index is 1.38. The summed E-state index contributed by atoms with van der Waals surface area (Å²) in [7, 11) is 0. The van der Waals surface area contributed by atoms with Gasteiger partial charge in [-0.1, -0.05) is 31.2 Å². The zero-order valence-corrected chi connectivity index (χ0v) is 18.5. The molecular weight excluding hydrogens is 368 g/mol. The molecule has 0 fully saturated rings. The van der Waals surface area contributed by atoms with E-state index < -0.39 is 0 Å². The highest BCUT2D eigenvalue weighted by molar-refractivity contribution is 5.68. The molecule has 158 valence electrons. The third kappa shape index (κ3) is 4.33. The Hall–Kier alpha value is -2.48. The first-order valence-corrected chi connectivity index (χ1v) is 11.4. The van der Waals surface area contributed by atoms with Crippen molar-refractivity contribution < 1.29 is 10.2 Å². The molecule has 0 saturated heterocycles. The van der Waals surface area contributed by atoms with E-state index >= 15 is 0 Å². The lowest BCUT2D eigenvalue weighted by Crippen LogP contribution is -2.24. The normalized spacial score (nSPS) is 22.9. The summed E-state index contributed by atoms with van der Waals surface area (Å²) in [6, 6.07) is 12.0. The minimum atomic E-state index is 0.383. The van der Waals surface area contributed by atoms with E-state index in [1.54, 1.807) is 0 Å². The smallest absolute Gasteiger partial charge is 0.118 e. The first-order chi connectivity index (χ1) is 14.4. The summed E-state index contributed by atoms with van der Waals surface area (Å²) in [5.74, 6) is 3.04. The van der Waals surface area contributed by atoms with Crippen molar-refractivity contribution >= 4 is 11.1 Å². The van der Waals surface area contributed by atoms with Crippen LogP contribution in [0.1, 0.15) is 67.7 Å². The zero-order valence-electron chi connectivity index (χ0n) is 18.5. The largest absolute Gasteiger partial charge is 0.508 e. The van der Waals surface area contributed by atoms with Crippen molar-refractivity contribution in [2.45, 2.75) is 59.3 Å². The highest BCUT2D eigenvalue weighted by Crippen LogP contribution is 2.42. The Morgan fingerprint density at radius 2 is 1.17 bits per heavy atom. The lowest BCUT2D eigenvalue weighted by Gasteiger charge is -2.35. The highest BCUT2D eigenvalue weighted by Gasteiger charge is 2.28. The molecule has 4 rings (SSSR count). The highest BCUT2D eigenvalue weighted by atomic mass is 16.3. The van der Waals surface area contributed by atoms with E-state index in [9.17, 15) is 10.2 Å². The Kier molecular flexibility index (Phi) is 6.04. The zero-order chi connectivity index (χ0) is 21.3. The molecule has 0 amide bonds. The minimum absolute atomic E-state index is 0.383. The van der Waals surface area contributed by atoms with Gasteiger partial charge >= 0.3 is 0 Å². The molecule has 2 nitrogen and oxygen atoms in total. The summed E-state index contributed by atoms with van der Waals surface area (Å²) < 4.78 is 0. The molecule has 2 heteroatoms. The number of aromatic hydroxyl groups is 2.